The van der Waals surface area contributed by atoms with E-state index in [1.54, 1.807) is 0 Å². The first kappa shape index (κ1) is 19.8. The lowest BCUT2D eigenvalue weighted by Crippen LogP contribution is -2.36. The van der Waals surface area contributed by atoms with Gasteiger partial charge in [0.25, 0.3) is 0 Å². The summed E-state index contributed by atoms with van der Waals surface area (Å²) in [5.74, 6) is 1.39. The maximum Gasteiger partial charge on any atom is 0.315 e. The molecule has 0 bridgehead atoms. The van der Waals surface area contributed by atoms with Crippen LogP contribution in [0.4, 0.5) is 4.79 Å². The lowest BCUT2D eigenvalue weighted by atomic mass is 10.2. The number of hydrogen-bond donors (Lipinski definition) is 2. The third-order valence-corrected chi connectivity index (χ3v) is 4.86. The van der Waals surface area contributed by atoms with E-state index in [9.17, 15) is 4.79 Å². The minimum Gasteiger partial charge on any atom is -0.490 e. The van der Waals surface area contributed by atoms with E-state index in [4.69, 9.17) is 9.15 Å². The van der Waals surface area contributed by atoms with E-state index < -0.39 is 0 Å². The summed E-state index contributed by atoms with van der Waals surface area (Å²) in [6, 6.07) is 7.18. The lowest BCUT2D eigenvalue weighted by molar-refractivity contribution is 0.236. The molecule has 3 rings (SSSR count). The molecule has 2 N–H and O–H groups in total. The summed E-state index contributed by atoms with van der Waals surface area (Å²) in [6.07, 6.45) is 0. The monoisotopic (exact) mass is 384 g/mol. The molecule has 2 heterocycles. The number of aromatic nitrogens is 2. The maximum absolute atomic E-state index is 12.4. The highest BCUT2D eigenvalue weighted by atomic mass is 16.5. The molecule has 7 heteroatoms. The quantitative estimate of drug-likeness (QED) is 0.639. The smallest absolute Gasteiger partial charge is 0.315 e. The van der Waals surface area contributed by atoms with Gasteiger partial charge in [0, 0.05) is 29.7 Å². The number of nitrogens with zero attached hydrogens (tertiary/aromatic N) is 2. The minimum atomic E-state index is -0.276. The molecule has 150 valence electrons. The van der Waals surface area contributed by atoms with Crippen molar-refractivity contribution in [3.63, 3.8) is 0 Å². The Bertz CT molecular complexity index is 974. The second-order valence-electron chi connectivity index (χ2n) is 6.77. The van der Waals surface area contributed by atoms with Gasteiger partial charge < -0.3 is 19.8 Å². The van der Waals surface area contributed by atoms with E-state index in [1.807, 2.05) is 56.6 Å². The van der Waals surface area contributed by atoms with Crippen LogP contribution in [0.5, 0.6) is 5.75 Å². The topological polar surface area (TPSA) is 81.3 Å². The second kappa shape index (κ2) is 8.37. The van der Waals surface area contributed by atoms with Gasteiger partial charge in [-0.1, -0.05) is 12.1 Å². The number of aryl methyl sites for hydroxylation is 2. The van der Waals surface area contributed by atoms with Gasteiger partial charge in [0.2, 0.25) is 0 Å². The van der Waals surface area contributed by atoms with Crippen LogP contribution in [-0.4, -0.2) is 22.4 Å². The van der Waals surface area contributed by atoms with Gasteiger partial charge in [-0.2, -0.15) is 5.10 Å². The molecular formula is C21H28N4O3. The Morgan fingerprint density at radius 2 is 2.11 bits per heavy atom. The predicted octanol–water partition coefficient (Wildman–Crippen LogP) is 4.23. The fourth-order valence-electron chi connectivity index (χ4n) is 3.32. The van der Waals surface area contributed by atoms with Gasteiger partial charge in [-0.25, -0.2) is 4.79 Å². The summed E-state index contributed by atoms with van der Waals surface area (Å²) in [5.41, 5.74) is 3.77. The van der Waals surface area contributed by atoms with Gasteiger partial charge in [-0.15, -0.1) is 0 Å². The molecule has 0 saturated carbocycles. The van der Waals surface area contributed by atoms with Crippen LogP contribution >= 0.6 is 0 Å². The SMILES string of the molecule is CCOc1cccc2cc([C@H](C)NC(=O)NCc3c(C)nn(CC)c3C)oc12. The van der Waals surface area contributed by atoms with Crippen LogP contribution in [0.3, 0.4) is 0 Å². The van der Waals surface area contributed by atoms with Crippen molar-refractivity contribution in [2.75, 3.05) is 6.61 Å². The van der Waals surface area contributed by atoms with E-state index >= 15 is 0 Å². The summed E-state index contributed by atoms with van der Waals surface area (Å²) >= 11 is 0. The molecule has 2 aromatic heterocycles. The summed E-state index contributed by atoms with van der Waals surface area (Å²) in [5, 5.41) is 11.3. The Hall–Kier alpha value is -2.96. The maximum atomic E-state index is 12.4. The summed E-state index contributed by atoms with van der Waals surface area (Å²) in [6.45, 7) is 11.7. The van der Waals surface area contributed by atoms with Crippen LogP contribution < -0.4 is 15.4 Å². The number of urea groups is 1. The molecule has 0 saturated heterocycles. The molecule has 2 amide bonds. The Balaban J connectivity index is 1.65. The highest BCUT2D eigenvalue weighted by Crippen LogP contribution is 2.31. The van der Waals surface area contributed by atoms with Gasteiger partial charge in [-0.05, 0) is 46.8 Å². The van der Waals surface area contributed by atoms with E-state index in [2.05, 4.69) is 22.7 Å². The average molecular weight is 384 g/mol. The molecule has 0 aliphatic heterocycles. The van der Waals surface area contributed by atoms with E-state index in [0.717, 1.165) is 28.9 Å². The molecule has 1 aromatic carbocycles. The zero-order valence-electron chi connectivity index (χ0n) is 17.1. The van der Waals surface area contributed by atoms with Crippen molar-refractivity contribution >= 4 is 17.0 Å². The Kier molecular flexibility index (Phi) is 5.92. The number of nitrogens with one attached hydrogen (secondary N) is 2. The standard InChI is InChI=1S/C21H28N4O3/c1-6-25-15(5)17(13(3)24-25)12-22-21(26)23-14(4)19-11-16-9-8-10-18(27-7-2)20(16)28-19/h8-11,14H,6-7,12H2,1-5H3,(H2,22,23,26)/t14-/m0/s1. The molecule has 28 heavy (non-hydrogen) atoms. The fraction of sp³-hybridized carbons (Fsp3) is 0.429. The molecule has 0 unspecified atom stereocenters. The first-order valence-corrected chi connectivity index (χ1v) is 9.67. The normalized spacial score (nSPS) is 12.2. The number of carbonyl (C=O) groups excluding carboxylic acids is 1. The van der Waals surface area contributed by atoms with Crippen molar-refractivity contribution in [2.24, 2.45) is 0 Å². The Labute approximate surface area is 165 Å². The molecule has 0 radical (unpaired) electrons. The molecule has 1 atom stereocenters. The van der Waals surface area contributed by atoms with Gasteiger partial charge in [-0.3, -0.25) is 4.68 Å². The number of amides is 2. The molecule has 0 fully saturated rings. The van der Waals surface area contributed by atoms with Crippen LogP contribution in [0.2, 0.25) is 0 Å². The van der Waals surface area contributed by atoms with Crippen molar-refractivity contribution in [3.05, 3.63) is 47.0 Å². The molecule has 0 aliphatic rings. The van der Waals surface area contributed by atoms with Crippen LogP contribution in [0.15, 0.2) is 28.7 Å². The van der Waals surface area contributed by atoms with E-state index in [1.165, 1.54) is 0 Å². The summed E-state index contributed by atoms with van der Waals surface area (Å²) in [7, 11) is 0. The molecule has 0 aliphatic carbocycles. The van der Waals surface area contributed by atoms with Crippen molar-refractivity contribution in [1.29, 1.82) is 0 Å². The Morgan fingerprint density at radius 3 is 2.79 bits per heavy atom. The second-order valence-corrected chi connectivity index (χ2v) is 6.77. The van der Waals surface area contributed by atoms with Crippen LogP contribution in [0, 0.1) is 13.8 Å². The zero-order chi connectivity index (χ0) is 20.3. The molecule has 0 spiro atoms. The highest BCUT2D eigenvalue weighted by Gasteiger charge is 2.17. The number of ether oxygens (including phenoxy) is 1. The zero-order valence-corrected chi connectivity index (χ0v) is 17.1. The van der Waals surface area contributed by atoms with Crippen molar-refractivity contribution in [1.82, 2.24) is 20.4 Å². The number of hydrogen-bond acceptors (Lipinski definition) is 4. The first-order valence-electron chi connectivity index (χ1n) is 9.67. The first-order chi connectivity index (χ1) is 13.4. The summed E-state index contributed by atoms with van der Waals surface area (Å²) in [4.78, 5) is 12.4. The Morgan fingerprint density at radius 1 is 1.32 bits per heavy atom. The number of furan rings is 1. The number of rotatable bonds is 7. The summed E-state index contributed by atoms with van der Waals surface area (Å²) < 4.78 is 13.5. The molecular weight excluding hydrogens is 356 g/mol. The van der Waals surface area contributed by atoms with Crippen molar-refractivity contribution in [2.45, 2.75) is 53.8 Å². The fourth-order valence-corrected chi connectivity index (χ4v) is 3.32. The highest BCUT2D eigenvalue weighted by molar-refractivity contribution is 5.84. The number of carbonyl (C=O) groups is 1. The predicted molar refractivity (Wildman–Crippen MR) is 109 cm³/mol. The third-order valence-electron chi connectivity index (χ3n) is 4.86. The van der Waals surface area contributed by atoms with Gasteiger partial charge in [0.05, 0.1) is 18.3 Å². The number of benzene rings is 1. The molecule has 7 nitrogen and oxygen atoms in total. The van der Waals surface area contributed by atoms with Gasteiger partial charge in [0.1, 0.15) is 5.76 Å². The largest absolute Gasteiger partial charge is 0.490 e. The minimum absolute atomic E-state index is 0.249. The molecule has 3 aromatic rings. The van der Waals surface area contributed by atoms with Crippen molar-refractivity contribution in [3.8, 4) is 5.75 Å². The lowest BCUT2D eigenvalue weighted by Gasteiger charge is -2.13. The van der Waals surface area contributed by atoms with E-state index in [0.29, 0.717) is 30.2 Å². The van der Waals surface area contributed by atoms with Crippen LogP contribution in [0.25, 0.3) is 11.0 Å². The van der Waals surface area contributed by atoms with Crippen molar-refractivity contribution < 1.29 is 13.9 Å². The van der Waals surface area contributed by atoms with Gasteiger partial charge in [0.15, 0.2) is 11.3 Å². The van der Waals surface area contributed by atoms with Crippen LogP contribution in [0.1, 0.15) is 49.5 Å². The van der Waals surface area contributed by atoms with Crippen LogP contribution in [-0.2, 0) is 13.1 Å². The van der Waals surface area contributed by atoms with E-state index in [-0.39, 0.29) is 12.1 Å². The number of para-hydroxylation sites is 1. The average Bonchev–Trinajstić information content (AvgIpc) is 3.22. The number of fused-ring (bicyclic) bond motifs is 1. The van der Waals surface area contributed by atoms with Gasteiger partial charge >= 0.3 is 6.03 Å². The third kappa shape index (κ3) is 3.98.